The summed E-state index contributed by atoms with van der Waals surface area (Å²) in [6.07, 6.45) is -5.47. The van der Waals surface area contributed by atoms with Crippen molar-refractivity contribution < 1.29 is 55.3 Å². The second kappa shape index (κ2) is 12.8. The minimum absolute atomic E-state index is 0.0174. The number of halogens is 7. The Morgan fingerprint density at radius 1 is 0.821 bits per heavy atom. The SMILES string of the molecule is O=C(O)C(F)(F)F.O=C(O)C(F)(F)F.O=C(c1ccncc1)N1CCc2[nH]nc(-c3ccc(F)cc3)c2CC1. The molecule has 4 rings (SSSR count). The molecule has 0 bridgehead atoms. The van der Waals surface area contributed by atoms with Crippen LogP contribution in [0.5, 0.6) is 0 Å². The van der Waals surface area contributed by atoms with E-state index in [1.165, 1.54) is 12.1 Å². The largest absolute Gasteiger partial charge is 0.490 e. The van der Waals surface area contributed by atoms with Gasteiger partial charge in [0.1, 0.15) is 5.82 Å². The highest BCUT2D eigenvalue weighted by molar-refractivity contribution is 5.94. The smallest absolute Gasteiger partial charge is 0.475 e. The maximum absolute atomic E-state index is 13.2. The summed E-state index contributed by atoms with van der Waals surface area (Å²) in [5, 5.41) is 21.7. The molecular formula is C23H19F7N4O5. The van der Waals surface area contributed by atoms with Crippen molar-refractivity contribution in [2.24, 2.45) is 0 Å². The van der Waals surface area contributed by atoms with Gasteiger partial charge in [0, 0.05) is 54.3 Å². The van der Waals surface area contributed by atoms with Crippen LogP contribution in [0.1, 0.15) is 21.6 Å². The van der Waals surface area contributed by atoms with E-state index >= 15 is 0 Å². The number of nitrogens with zero attached hydrogens (tertiary/aromatic N) is 3. The number of aromatic amines is 1. The fourth-order valence-electron chi connectivity index (χ4n) is 3.21. The van der Waals surface area contributed by atoms with Crippen LogP contribution in [0.2, 0.25) is 0 Å². The van der Waals surface area contributed by atoms with Gasteiger partial charge in [-0.3, -0.25) is 14.9 Å². The van der Waals surface area contributed by atoms with Gasteiger partial charge in [-0.15, -0.1) is 0 Å². The predicted octanol–water partition coefficient (Wildman–Crippen LogP) is 4.12. The number of alkyl halides is 6. The molecule has 2 aromatic heterocycles. The van der Waals surface area contributed by atoms with E-state index < -0.39 is 24.3 Å². The molecule has 0 saturated heterocycles. The molecule has 16 heteroatoms. The summed E-state index contributed by atoms with van der Waals surface area (Å²) < 4.78 is 76.6. The fraction of sp³-hybridized carbons (Fsp3) is 0.261. The first-order valence-electron chi connectivity index (χ1n) is 10.7. The normalized spacial score (nSPS) is 13.1. The molecule has 1 aliphatic heterocycles. The second-order valence-electron chi connectivity index (χ2n) is 7.67. The zero-order valence-corrected chi connectivity index (χ0v) is 19.6. The standard InChI is InChI=1S/C19H17FN4O.2C2HF3O2/c20-15-3-1-13(2-4-15)18-16-7-11-24(12-8-17(16)22-23-18)19(25)14-5-9-21-10-6-14;2*3-2(4,5)1(6)7/h1-6,9-10H,7-8,11-12H2,(H,22,23);2*(H,6,7). The molecular weight excluding hydrogens is 545 g/mol. The van der Waals surface area contributed by atoms with Crippen LogP contribution < -0.4 is 0 Å². The highest BCUT2D eigenvalue weighted by Gasteiger charge is 2.38. The van der Waals surface area contributed by atoms with E-state index in [2.05, 4.69) is 15.2 Å². The fourth-order valence-corrected chi connectivity index (χ4v) is 3.21. The molecule has 0 fully saturated rings. The number of fused-ring (bicyclic) bond motifs is 1. The molecule has 39 heavy (non-hydrogen) atoms. The molecule has 1 aliphatic rings. The number of aromatic nitrogens is 3. The number of benzene rings is 1. The minimum atomic E-state index is -5.08. The van der Waals surface area contributed by atoms with Crippen LogP contribution in [-0.2, 0) is 22.4 Å². The van der Waals surface area contributed by atoms with Crippen LogP contribution in [0.25, 0.3) is 11.3 Å². The van der Waals surface area contributed by atoms with Crippen molar-refractivity contribution in [1.29, 1.82) is 0 Å². The summed E-state index contributed by atoms with van der Waals surface area (Å²) in [4.78, 5) is 36.3. The van der Waals surface area contributed by atoms with Gasteiger partial charge in [-0.25, -0.2) is 14.0 Å². The number of aliphatic carboxylic acids is 2. The van der Waals surface area contributed by atoms with Crippen LogP contribution in [0.15, 0.2) is 48.8 Å². The Morgan fingerprint density at radius 3 is 1.79 bits per heavy atom. The Morgan fingerprint density at radius 2 is 1.31 bits per heavy atom. The number of hydrogen-bond donors (Lipinski definition) is 3. The first kappa shape index (κ1) is 30.7. The van der Waals surface area contributed by atoms with Gasteiger partial charge in [-0.2, -0.15) is 31.4 Å². The van der Waals surface area contributed by atoms with Crippen molar-refractivity contribution in [2.45, 2.75) is 25.2 Å². The van der Waals surface area contributed by atoms with Crippen LogP contribution >= 0.6 is 0 Å². The summed E-state index contributed by atoms with van der Waals surface area (Å²) in [6.45, 7) is 1.26. The van der Waals surface area contributed by atoms with Crippen molar-refractivity contribution in [3.05, 3.63) is 71.4 Å². The van der Waals surface area contributed by atoms with Gasteiger partial charge in [-0.1, -0.05) is 0 Å². The zero-order chi connectivity index (χ0) is 29.4. The van der Waals surface area contributed by atoms with Gasteiger partial charge in [0.05, 0.1) is 5.69 Å². The number of hydrogen-bond acceptors (Lipinski definition) is 5. The number of nitrogens with one attached hydrogen (secondary N) is 1. The molecule has 9 nitrogen and oxygen atoms in total. The van der Waals surface area contributed by atoms with E-state index in [9.17, 15) is 35.5 Å². The first-order chi connectivity index (χ1) is 18.1. The minimum Gasteiger partial charge on any atom is -0.475 e. The van der Waals surface area contributed by atoms with Crippen LogP contribution in [-0.4, -0.2) is 73.6 Å². The molecule has 3 heterocycles. The third kappa shape index (κ3) is 9.08. The number of rotatable bonds is 2. The van der Waals surface area contributed by atoms with E-state index in [-0.39, 0.29) is 11.7 Å². The van der Waals surface area contributed by atoms with Crippen molar-refractivity contribution in [2.75, 3.05) is 13.1 Å². The maximum Gasteiger partial charge on any atom is 0.490 e. The summed E-state index contributed by atoms with van der Waals surface area (Å²) in [5.41, 5.74) is 4.53. The second-order valence-corrected chi connectivity index (χ2v) is 7.67. The Labute approximate surface area is 214 Å². The number of amides is 1. The molecule has 0 radical (unpaired) electrons. The monoisotopic (exact) mass is 564 g/mol. The average molecular weight is 564 g/mol. The first-order valence-corrected chi connectivity index (χ1v) is 10.7. The lowest BCUT2D eigenvalue weighted by molar-refractivity contribution is -0.193. The average Bonchev–Trinajstić information content (AvgIpc) is 3.15. The molecule has 0 spiro atoms. The van der Waals surface area contributed by atoms with Crippen LogP contribution in [0, 0.1) is 5.82 Å². The third-order valence-corrected chi connectivity index (χ3v) is 5.03. The maximum atomic E-state index is 13.2. The molecule has 0 aliphatic carbocycles. The van der Waals surface area contributed by atoms with E-state index in [0.717, 1.165) is 35.4 Å². The van der Waals surface area contributed by atoms with Gasteiger partial charge in [0.2, 0.25) is 0 Å². The lowest BCUT2D eigenvalue weighted by atomic mass is 10.0. The van der Waals surface area contributed by atoms with Crippen molar-refractivity contribution in [3.8, 4) is 11.3 Å². The highest BCUT2D eigenvalue weighted by Crippen LogP contribution is 2.27. The quantitative estimate of drug-likeness (QED) is 0.399. The number of carbonyl (C=O) groups is 3. The van der Waals surface area contributed by atoms with Crippen molar-refractivity contribution >= 4 is 17.8 Å². The highest BCUT2D eigenvalue weighted by atomic mass is 19.4. The van der Waals surface area contributed by atoms with Gasteiger partial charge >= 0.3 is 24.3 Å². The predicted molar refractivity (Wildman–Crippen MR) is 119 cm³/mol. The number of carbonyl (C=O) groups excluding carboxylic acids is 1. The Hall–Kier alpha value is -4.50. The summed E-state index contributed by atoms with van der Waals surface area (Å²) in [5.74, 6) is -5.76. The van der Waals surface area contributed by atoms with Crippen molar-refractivity contribution in [3.63, 3.8) is 0 Å². The molecule has 1 amide bonds. The van der Waals surface area contributed by atoms with E-state index in [1.54, 1.807) is 36.7 Å². The molecule has 1 aromatic carbocycles. The van der Waals surface area contributed by atoms with E-state index in [1.807, 2.05) is 4.90 Å². The summed E-state index contributed by atoms with van der Waals surface area (Å²) in [7, 11) is 0. The van der Waals surface area contributed by atoms with Crippen molar-refractivity contribution in [1.82, 2.24) is 20.1 Å². The molecule has 0 saturated carbocycles. The van der Waals surface area contributed by atoms with Gasteiger partial charge in [-0.05, 0) is 42.8 Å². The number of H-pyrrole nitrogens is 1. The molecule has 0 unspecified atom stereocenters. The third-order valence-electron chi connectivity index (χ3n) is 5.03. The van der Waals surface area contributed by atoms with Crippen LogP contribution in [0.3, 0.4) is 0 Å². The topological polar surface area (TPSA) is 136 Å². The van der Waals surface area contributed by atoms with E-state index in [0.29, 0.717) is 18.7 Å². The number of carboxylic acid groups (broad SMARTS) is 2. The number of carboxylic acids is 2. The zero-order valence-electron chi connectivity index (χ0n) is 19.6. The lowest BCUT2D eigenvalue weighted by Crippen LogP contribution is -2.33. The molecule has 3 N–H and O–H groups in total. The van der Waals surface area contributed by atoms with Gasteiger partial charge < -0.3 is 15.1 Å². The van der Waals surface area contributed by atoms with Gasteiger partial charge in [0.15, 0.2) is 0 Å². The van der Waals surface area contributed by atoms with E-state index in [4.69, 9.17) is 19.8 Å². The molecule has 0 atom stereocenters. The summed E-state index contributed by atoms with van der Waals surface area (Å²) >= 11 is 0. The Bertz CT molecular complexity index is 1250. The van der Waals surface area contributed by atoms with Gasteiger partial charge in [0.25, 0.3) is 5.91 Å². The lowest BCUT2D eigenvalue weighted by Gasteiger charge is -2.20. The summed E-state index contributed by atoms with van der Waals surface area (Å²) in [6, 6.07) is 9.81. The Balaban J connectivity index is 0.000000317. The molecule has 210 valence electrons. The molecule has 3 aromatic rings. The Kier molecular flexibility index (Phi) is 10.1. The van der Waals surface area contributed by atoms with Crippen LogP contribution in [0.4, 0.5) is 30.7 Å². The number of pyridine rings is 1.